The number of imidazole rings is 1. The molecule has 0 amide bonds. The SMILES string of the molecule is C=C(NCC(C)C#N)c1cn2c(nc3ccccc32)c(N)n1. The standard InChI is InChI=1S/C16H16N6/c1-10(7-17)8-19-11(2)13-9-22-14-6-4-3-5-12(14)21-16(22)15(18)20-13/h3-6,9-10,19H,2,8H2,1H3,(H2,18,20). The summed E-state index contributed by atoms with van der Waals surface area (Å²) >= 11 is 0. The summed E-state index contributed by atoms with van der Waals surface area (Å²) in [5, 5.41) is 11.9. The van der Waals surface area contributed by atoms with E-state index in [1.165, 1.54) is 0 Å². The van der Waals surface area contributed by atoms with Crippen LogP contribution in [-0.4, -0.2) is 20.9 Å². The maximum atomic E-state index is 8.83. The van der Waals surface area contributed by atoms with E-state index in [9.17, 15) is 0 Å². The zero-order chi connectivity index (χ0) is 15.7. The number of aromatic nitrogens is 3. The van der Waals surface area contributed by atoms with Crippen molar-refractivity contribution in [3.63, 3.8) is 0 Å². The van der Waals surface area contributed by atoms with Gasteiger partial charge >= 0.3 is 0 Å². The maximum Gasteiger partial charge on any atom is 0.180 e. The van der Waals surface area contributed by atoms with Crippen molar-refractivity contribution in [1.29, 1.82) is 5.26 Å². The minimum Gasteiger partial charge on any atom is -0.382 e. The van der Waals surface area contributed by atoms with Crippen molar-refractivity contribution in [2.45, 2.75) is 6.92 Å². The highest BCUT2D eigenvalue weighted by molar-refractivity contribution is 5.84. The fourth-order valence-electron chi connectivity index (χ4n) is 2.24. The molecule has 0 aliphatic rings. The smallest absolute Gasteiger partial charge is 0.180 e. The molecular weight excluding hydrogens is 276 g/mol. The molecule has 0 saturated carbocycles. The number of hydrogen-bond donors (Lipinski definition) is 2. The van der Waals surface area contributed by atoms with Gasteiger partial charge in [0.1, 0.15) is 5.69 Å². The molecular formula is C16H16N6. The molecule has 22 heavy (non-hydrogen) atoms. The summed E-state index contributed by atoms with van der Waals surface area (Å²) in [7, 11) is 0. The van der Waals surface area contributed by atoms with Crippen molar-refractivity contribution in [3.8, 4) is 6.07 Å². The van der Waals surface area contributed by atoms with E-state index >= 15 is 0 Å². The first kappa shape index (κ1) is 13.9. The molecule has 0 radical (unpaired) electrons. The Kier molecular flexibility index (Phi) is 3.39. The lowest BCUT2D eigenvalue weighted by Crippen LogP contribution is -2.19. The first-order valence-corrected chi connectivity index (χ1v) is 6.96. The summed E-state index contributed by atoms with van der Waals surface area (Å²) in [5.74, 6) is 0.247. The quantitative estimate of drug-likeness (QED) is 0.769. The van der Waals surface area contributed by atoms with Gasteiger partial charge in [0.25, 0.3) is 0 Å². The molecule has 3 rings (SSSR count). The van der Waals surface area contributed by atoms with Gasteiger partial charge in [-0.1, -0.05) is 18.7 Å². The molecule has 110 valence electrons. The molecule has 1 atom stereocenters. The lowest BCUT2D eigenvalue weighted by atomic mass is 10.2. The van der Waals surface area contributed by atoms with Gasteiger partial charge in [0, 0.05) is 12.7 Å². The van der Waals surface area contributed by atoms with Crippen molar-refractivity contribution in [3.05, 3.63) is 42.7 Å². The first-order valence-electron chi connectivity index (χ1n) is 6.96. The Balaban J connectivity index is 2.03. The van der Waals surface area contributed by atoms with Crippen LogP contribution in [-0.2, 0) is 0 Å². The predicted octanol–water partition coefficient (Wildman–Crippen LogP) is 2.18. The second-order valence-electron chi connectivity index (χ2n) is 5.20. The van der Waals surface area contributed by atoms with E-state index in [-0.39, 0.29) is 5.92 Å². The number of hydrogen-bond acceptors (Lipinski definition) is 5. The molecule has 0 spiro atoms. The Bertz CT molecular complexity index is 902. The topological polar surface area (TPSA) is 92.0 Å². The first-order chi connectivity index (χ1) is 10.6. The Morgan fingerprint density at radius 1 is 1.45 bits per heavy atom. The van der Waals surface area contributed by atoms with Gasteiger partial charge in [-0.3, -0.25) is 4.40 Å². The van der Waals surface area contributed by atoms with Crippen LogP contribution in [0.1, 0.15) is 12.6 Å². The fraction of sp³-hybridized carbons (Fsp3) is 0.188. The fourth-order valence-corrected chi connectivity index (χ4v) is 2.24. The molecule has 1 aromatic carbocycles. The van der Waals surface area contributed by atoms with Crippen molar-refractivity contribution >= 4 is 28.2 Å². The molecule has 1 unspecified atom stereocenters. The Morgan fingerprint density at radius 3 is 3.00 bits per heavy atom. The molecule has 0 saturated heterocycles. The van der Waals surface area contributed by atoms with Crippen LogP contribution >= 0.6 is 0 Å². The van der Waals surface area contributed by atoms with E-state index in [1.54, 1.807) is 0 Å². The third-order valence-corrected chi connectivity index (χ3v) is 3.47. The summed E-state index contributed by atoms with van der Waals surface area (Å²) in [5.41, 5.74) is 9.75. The number of fused-ring (bicyclic) bond motifs is 3. The van der Waals surface area contributed by atoms with Crippen LogP contribution in [0.2, 0.25) is 0 Å². The molecule has 3 aromatic rings. The summed E-state index contributed by atoms with van der Waals surface area (Å²) < 4.78 is 1.91. The van der Waals surface area contributed by atoms with Crippen molar-refractivity contribution < 1.29 is 0 Å². The second-order valence-corrected chi connectivity index (χ2v) is 5.20. The van der Waals surface area contributed by atoms with E-state index in [2.05, 4.69) is 27.9 Å². The van der Waals surface area contributed by atoms with Crippen LogP contribution in [0.4, 0.5) is 5.82 Å². The average Bonchev–Trinajstić information content (AvgIpc) is 2.91. The Hall–Kier alpha value is -3.07. The minimum atomic E-state index is -0.105. The van der Waals surface area contributed by atoms with Gasteiger partial charge in [-0.25, -0.2) is 9.97 Å². The van der Waals surface area contributed by atoms with Gasteiger partial charge in [-0.05, 0) is 19.1 Å². The number of anilines is 1. The lowest BCUT2D eigenvalue weighted by Gasteiger charge is -2.11. The molecule has 2 heterocycles. The molecule has 2 aromatic heterocycles. The van der Waals surface area contributed by atoms with E-state index < -0.39 is 0 Å². The molecule has 0 aliphatic heterocycles. The van der Waals surface area contributed by atoms with Crippen LogP contribution < -0.4 is 11.1 Å². The zero-order valence-corrected chi connectivity index (χ0v) is 12.2. The van der Waals surface area contributed by atoms with Crippen molar-refractivity contribution in [2.75, 3.05) is 12.3 Å². The van der Waals surface area contributed by atoms with Crippen molar-refractivity contribution in [1.82, 2.24) is 19.7 Å². The summed E-state index contributed by atoms with van der Waals surface area (Å²) in [4.78, 5) is 8.83. The number of para-hydroxylation sites is 2. The number of rotatable bonds is 4. The number of nitrogens with zero attached hydrogens (tertiary/aromatic N) is 4. The number of nitrogen functional groups attached to an aromatic ring is 1. The Morgan fingerprint density at radius 2 is 2.23 bits per heavy atom. The van der Waals surface area contributed by atoms with E-state index in [4.69, 9.17) is 11.0 Å². The minimum absolute atomic E-state index is 0.105. The third-order valence-electron chi connectivity index (χ3n) is 3.47. The highest BCUT2D eigenvalue weighted by Crippen LogP contribution is 2.21. The van der Waals surface area contributed by atoms with E-state index in [0.717, 1.165) is 11.0 Å². The monoisotopic (exact) mass is 292 g/mol. The zero-order valence-electron chi connectivity index (χ0n) is 12.2. The van der Waals surface area contributed by atoms with Gasteiger partial charge in [0.15, 0.2) is 11.5 Å². The second kappa shape index (κ2) is 5.37. The molecule has 0 aliphatic carbocycles. The molecule has 6 nitrogen and oxygen atoms in total. The number of benzene rings is 1. The average molecular weight is 292 g/mol. The summed E-state index contributed by atoms with van der Waals surface area (Å²) in [6, 6.07) is 9.97. The number of nitrogens with one attached hydrogen (secondary N) is 1. The summed E-state index contributed by atoms with van der Waals surface area (Å²) in [6.45, 7) is 6.33. The summed E-state index contributed by atoms with van der Waals surface area (Å²) in [6.07, 6.45) is 1.85. The predicted molar refractivity (Wildman–Crippen MR) is 86.7 cm³/mol. The van der Waals surface area contributed by atoms with Crippen LogP contribution in [0.15, 0.2) is 37.0 Å². The third kappa shape index (κ3) is 2.33. The normalized spacial score (nSPS) is 12.2. The highest BCUT2D eigenvalue weighted by atomic mass is 15.1. The lowest BCUT2D eigenvalue weighted by molar-refractivity contribution is 0.691. The largest absolute Gasteiger partial charge is 0.382 e. The number of nitriles is 1. The van der Waals surface area contributed by atoms with Crippen LogP contribution in [0.3, 0.4) is 0 Å². The van der Waals surface area contributed by atoms with Gasteiger partial charge in [0.2, 0.25) is 0 Å². The van der Waals surface area contributed by atoms with Gasteiger partial charge < -0.3 is 11.1 Å². The molecule has 0 fully saturated rings. The molecule has 6 heteroatoms. The number of nitrogens with two attached hydrogens (primary N) is 1. The van der Waals surface area contributed by atoms with Crippen molar-refractivity contribution in [2.24, 2.45) is 5.92 Å². The van der Waals surface area contributed by atoms with Crippen LogP contribution in [0.25, 0.3) is 22.4 Å². The van der Waals surface area contributed by atoms with Gasteiger partial charge in [0.05, 0.1) is 28.7 Å². The maximum absolute atomic E-state index is 8.83. The molecule has 3 N–H and O–H groups in total. The highest BCUT2D eigenvalue weighted by Gasteiger charge is 2.11. The van der Waals surface area contributed by atoms with Gasteiger partial charge in [-0.15, -0.1) is 0 Å². The Labute approximate surface area is 127 Å². The molecule has 0 bridgehead atoms. The van der Waals surface area contributed by atoms with Gasteiger partial charge in [-0.2, -0.15) is 5.26 Å². The van der Waals surface area contributed by atoms with E-state index in [0.29, 0.717) is 29.4 Å². The van der Waals surface area contributed by atoms with Crippen LogP contribution in [0.5, 0.6) is 0 Å². The van der Waals surface area contributed by atoms with E-state index in [1.807, 2.05) is 41.8 Å². The van der Waals surface area contributed by atoms with Crippen LogP contribution in [0, 0.1) is 17.2 Å².